The van der Waals surface area contributed by atoms with Gasteiger partial charge >= 0.3 is 0 Å². The second kappa shape index (κ2) is 10.6. The molecule has 0 unspecified atom stereocenters. The van der Waals surface area contributed by atoms with Crippen molar-refractivity contribution in [3.63, 3.8) is 0 Å². The summed E-state index contributed by atoms with van der Waals surface area (Å²) in [5.41, 5.74) is 5.55. The van der Waals surface area contributed by atoms with Gasteiger partial charge in [-0.2, -0.15) is 0 Å². The van der Waals surface area contributed by atoms with Crippen LogP contribution in [0, 0.1) is 12.3 Å². The van der Waals surface area contributed by atoms with Crippen molar-refractivity contribution in [2.45, 2.75) is 46.6 Å². The number of benzene rings is 1. The molecule has 206 valence electrons. The van der Waals surface area contributed by atoms with E-state index in [0.717, 1.165) is 22.4 Å². The van der Waals surface area contributed by atoms with E-state index in [1.165, 1.54) is 0 Å². The van der Waals surface area contributed by atoms with Gasteiger partial charge in [0.15, 0.2) is 0 Å². The Labute approximate surface area is 230 Å². The molecule has 0 spiro atoms. The zero-order valence-electron chi connectivity index (χ0n) is 23.5. The molecule has 1 N–H and O–H groups in total. The molecule has 0 atom stereocenters. The maximum atomic E-state index is 13.6. The molecule has 8 nitrogen and oxygen atoms in total. The number of carbonyl (C=O) groups is 1. The fraction of sp³-hybridized carbons (Fsp3) is 0.452. The van der Waals surface area contributed by atoms with E-state index < -0.39 is 0 Å². The fourth-order valence-electron chi connectivity index (χ4n) is 5.06. The van der Waals surface area contributed by atoms with Gasteiger partial charge in [-0.15, -0.1) is 0 Å². The van der Waals surface area contributed by atoms with Crippen LogP contribution in [0.2, 0.25) is 0 Å². The first-order valence-electron chi connectivity index (χ1n) is 13.6. The summed E-state index contributed by atoms with van der Waals surface area (Å²) in [4.78, 5) is 33.3. The Bertz CT molecular complexity index is 1430. The molecule has 0 radical (unpaired) electrons. The molecule has 1 aromatic carbocycles. The van der Waals surface area contributed by atoms with Gasteiger partial charge in [-0.3, -0.25) is 14.6 Å². The molecule has 1 amide bonds. The highest BCUT2D eigenvalue weighted by Gasteiger charge is 2.34. The van der Waals surface area contributed by atoms with Crippen molar-refractivity contribution in [3.8, 4) is 11.1 Å². The van der Waals surface area contributed by atoms with Gasteiger partial charge in [0.05, 0.1) is 26.4 Å². The van der Waals surface area contributed by atoms with E-state index in [1.807, 2.05) is 48.0 Å². The van der Waals surface area contributed by atoms with E-state index in [-0.39, 0.29) is 22.3 Å². The molecule has 2 aromatic heterocycles. The standard InChI is InChI=1S/C31H38N4O4/c1-21-6-7-24(33-28(36)22-8-9-32-27(15-22)30(2,3)4)16-25(21)23-14-26(34-10-12-38-13-11-34)29(37)35(17-23)18-31(5)19-39-20-31/h6-9,14-17H,10-13,18-20H2,1-5H3,(H,33,36). The quantitative estimate of drug-likeness (QED) is 0.500. The lowest BCUT2D eigenvalue weighted by Crippen LogP contribution is -2.46. The minimum absolute atomic E-state index is 0.00299. The molecule has 3 aromatic rings. The summed E-state index contributed by atoms with van der Waals surface area (Å²) in [5.74, 6) is -0.186. The third kappa shape index (κ3) is 5.92. The van der Waals surface area contributed by atoms with E-state index in [9.17, 15) is 9.59 Å². The van der Waals surface area contributed by atoms with Gasteiger partial charge < -0.3 is 24.3 Å². The Kier molecular flexibility index (Phi) is 7.35. The minimum Gasteiger partial charge on any atom is -0.380 e. The normalized spacial score (nSPS) is 17.0. The Morgan fingerprint density at radius 2 is 1.82 bits per heavy atom. The number of amides is 1. The summed E-state index contributed by atoms with van der Waals surface area (Å²) < 4.78 is 12.8. The molecular formula is C31H38N4O4. The first-order valence-corrected chi connectivity index (χ1v) is 13.6. The number of pyridine rings is 2. The first-order chi connectivity index (χ1) is 18.5. The van der Waals surface area contributed by atoms with Crippen molar-refractivity contribution in [1.82, 2.24) is 9.55 Å². The number of aromatic nitrogens is 2. The highest BCUT2D eigenvalue weighted by Crippen LogP contribution is 2.32. The highest BCUT2D eigenvalue weighted by molar-refractivity contribution is 6.04. The number of morpholine rings is 1. The summed E-state index contributed by atoms with van der Waals surface area (Å²) >= 11 is 0. The van der Waals surface area contributed by atoms with Crippen LogP contribution in [-0.2, 0) is 21.4 Å². The number of nitrogens with one attached hydrogen (secondary N) is 1. The van der Waals surface area contributed by atoms with Gasteiger partial charge in [-0.1, -0.05) is 33.8 Å². The van der Waals surface area contributed by atoms with Crippen LogP contribution < -0.4 is 15.8 Å². The average Bonchev–Trinajstić information content (AvgIpc) is 2.90. The van der Waals surface area contributed by atoms with Crippen molar-refractivity contribution in [3.05, 3.63) is 76.0 Å². The van der Waals surface area contributed by atoms with Crippen molar-refractivity contribution >= 4 is 17.3 Å². The molecule has 2 aliphatic rings. The summed E-state index contributed by atoms with van der Waals surface area (Å²) in [6, 6.07) is 11.5. The Hall–Kier alpha value is -3.49. The average molecular weight is 531 g/mol. The van der Waals surface area contributed by atoms with Crippen LogP contribution in [0.5, 0.6) is 0 Å². The number of ether oxygens (including phenoxy) is 2. The van der Waals surface area contributed by atoms with E-state index in [2.05, 4.69) is 42.9 Å². The van der Waals surface area contributed by atoms with Crippen LogP contribution in [0.1, 0.15) is 49.3 Å². The number of aryl methyl sites for hydroxylation is 1. The van der Waals surface area contributed by atoms with Gasteiger partial charge in [0.2, 0.25) is 0 Å². The lowest BCUT2D eigenvalue weighted by Gasteiger charge is -2.38. The van der Waals surface area contributed by atoms with Gasteiger partial charge in [0.1, 0.15) is 5.69 Å². The van der Waals surface area contributed by atoms with Crippen LogP contribution >= 0.6 is 0 Å². The SMILES string of the molecule is Cc1ccc(NC(=O)c2ccnc(C(C)(C)C)c2)cc1-c1cc(N2CCOCC2)c(=O)n(CC2(C)COC2)c1. The predicted molar refractivity (Wildman–Crippen MR) is 154 cm³/mol. The van der Waals surface area contributed by atoms with Crippen molar-refractivity contribution in [1.29, 1.82) is 0 Å². The van der Waals surface area contributed by atoms with E-state index in [1.54, 1.807) is 12.3 Å². The highest BCUT2D eigenvalue weighted by atomic mass is 16.5. The Morgan fingerprint density at radius 1 is 1.08 bits per heavy atom. The van der Waals surface area contributed by atoms with Crippen LogP contribution in [0.25, 0.3) is 11.1 Å². The lowest BCUT2D eigenvalue weighted by atomic mass is 9.88. The van der Waals surface area contributed by atoms with Crippen molar-refractivity contribution in [2.75, 3.05) is 49.7 Å². The fourth-order valence-corrected chi connectivity index (χ4v) is 5.06. The number of hydrogen-bond acceptors (Lipinski definition) is 6. The van der Waals surface area contributed by atoms with Crippen LogP contribution in [0.3, 0.4) is 0 Å². The van der Waals surface area contributed by atoms with E-state index >= 15 is 0 Å². The van der Waals surface area contributed by atoms with Crippen LogP contribution in [0.15, 0.2) is 53.6 Å². The van der Waals surface area contributed by atoms with E-state index in [0.29, 0.717) is 63.0 Å². The topological polar surface area (TPSA) is 85.7 Å². The molecule has 2 saturated heterocycles. The number of anilines is 2. The summed E-state index contributed by atoms with van der Waals surface area (Å²) in [6.07, 6.45) is 3.63. The minimum atomic E-state index is -0.186. The zero-order chi connectivity index (χ0) is 27.8. The molecule has 0 bridgehead atoms. The predicted octanol–water partition coefficient (Wildman–Crippen LogP) is 4.64. The summed E-state index contributed by atoms with van der Waals surface area (Å²) in [7, 11) is 0. The second-order valence-corrected chi connectivity index (χ2v) is 12.1. The van der Waals surface area contributed by atoms with Gasteiger partial charge in [0.25, 0.3) is 11.5 Å². The Balaban J connectivity index is 1.49. The molecule has 0 saturated carbocycles. The third-order valence-corrected chi connectivity index (χ3v) is 7.47. The second-order valence-electron chi connectivity index (χ2n) is 12.1. The van der Waals surface area contributed by atoms with Crippen LogP contribution in [0.4, 0.5) is 11.4 Å². The largest absolute Gasteiger partial charge is 0.380 e. The molecule has 2 aliphatic heterocycles. The molecule has 39 heavy (non-hydrogen) atoms. The number of rotatable bonds is 6. The summed E-state index contributed by atoms with van der Waals surface area (Å²) in [6.45, 7) is 14.8. The molecule has 5 rings (SSSR count). The maximum absolute atomic E-state index is 13.6. The summed E-state index contributed by atoms with van der Waals surface area (Å²) in [5, 5.41) is 3.06. The van der Waals surface area contributed by atoms with Crippen molar-refractivity contribution in [2.24, 2.45) is 5.41 Å². The zero-order valence-corrected chi connectivity index (χ0v) is 23.5. The Morgan fingerprint density at radius 3 is 2.49 bits per heavy atom. The monoisotopic (exact) mass is 530 g/mol. The van der Waals surface area contributed by atoms with Crippen molar-refractivity contribution < 1.29 is 14.3 Å². The third-order valence-electron chi connectivity index (χ3n) is 7.47. The van der Waals surface area contributed by atoms with Gasteiger partial charge in [-0.05, 0) is 48.4 Å². The lowest BCUT2D eigenvalue weighted by molar-refractivity contribution is -0.110. The molecular weight excluding hydrogens is 492 g/mol. The van der Waals surface area contributed by atoms with Gasteiger partial charge in [-0.25, -0.2) is 0 Å². The molecule has 4 heterocycles. The number of carbonyl (C=O) groups excluding carboxylic acids is 1. The van der Waals surface area contributed by atoms with Gasteiger partial charge in [0, 0.05) is 65.4 Å². The maximum Gasteiger partial charge on any atom is 0.274 e. The van der Waals surface area contributed by atoms with Crippen LogP contribution in [-0.4, -0.2) is 55.0 Å². The number of nitrogens with zero attached hydrogens (tertiary/aromatic N) is 3. The number of hydrogen-bond donors (Lipinski definition) is 1. The molecule has 0 aliphatic carbocycles. The first kappa shape index (κ1) is 27.1. The molecule has 2 fully saturated rings. The molecule has 8 heteroatoms. The van der Waals surface area contributed by atoms with E-state index in [4.69, 9.17) is 9.47 Å². The smallest absolute Gasteiger partial charge is 0.274 e.